The summed E-state index contributed by atoms with van der Waals surface area (Å²) in [5.41, 5.74) is 6.77. The summed E-state index contributed by atoms with van der Waals surface area (Å²) in [5, 5.41) is 12.3. The van der Waals surface area contributed by atoms with Gasteiger partial charge in [0.05, 0.1) is 13.0 Å². The van der Waals surface area contributed by atoms with E-state index in [2.05, 4.69) is 5.32 Å². The van der Waals surface area contributed by atoms with E-state index in [9.17, 15) is 14.7 Å². The molecule has 116 valence electrons. The van der Waals surface area contributed by atoms with E-state index in [-0.39, 0.29) is 18.9 Å². The smallest absolute Gasteiger partial charge is 0.307 e. The van der Waals surface area contributed by atoms with Crippen molar-refractivity contribution in [3.8, 4) is 0 Å². The van der Waals surface area contributed by atoms with Gasteiger partial charge in [0.1, 0.15) is 6.10 Å². The van der Waals surface area contributed by atoms with E-state index >= 15 is 0 Å². The van der Waals surface area contributed by atoms with Crippen molar-refractivity contribution in [2.45, 2.75) is 31.9 Å². The second-order valence-corrected chi connectivity index (χ2v) is 4.64. The van der Waals surface area contributed by atoms with Gasteiger partial charge in [0.25, 0.3) is 0 Å². The molecule has 0 aromatic heterocycles. The molecule has 21 heavy (non-hydrogen) atoms. The maximum atomic E-state index is 11.7. The minimum atomic E-state index is -1.31. The first-order valence-corrected chi connectivity index (χ1v) is 6.95. The van der Waals surface area contributed by atoms with E-state index < -0.39 is 18.1 Å². The molecule has 1 aromatic carbocycles. The Morgan fingerprint density at radius 2 is 2.00 bits per heavy atom. The Morgan fingerprint density at radius 1 is 1.33 bits per heavy atom. The zero-order chi connectivity index (χ0) is 15.7. The summed E-state index contributed by atoms with van der Waals surface area (Å²) in [5.74, 6) is -0.969. The summed E-state index contributed by atoms with van der Waals surface area (Å²) in [4.78, 5) is 22.8. The van der Waals surface area contributed by atoms with Crippen LogP contribution in [0.4, 0.5) is 0 Å². The van der Waals surface area contributed by atoms with Crippen LogP contribution in [0.3, 0.4) is 0 Å². The zero-order valence-corrected chi connectivity index (χ0v) is 12.1. The summed E-state index contributed by atoms with van der Waals surface area (Å²) < 4.78 is 4.73. The highest BCUT2D eigenvalue weighted by Gasteiger charge is 2.22. The number of benzene rings is 1. The maximum Gasteiger partial charge on any atom is 0.307 e. The van der Waals surface area contributed by atoms with Crippen LogP contribution < -0.4 is 11.1 Å². The van der Waals surface area contributed by atoms with E-state index in [4.69, 9.17) is 10.5 Å². The lowest BCUT2D eigenvalue weighted by atomic mass is 10.0. The summed E-state index contributed by atoms with van der Waals surface area (Å²) in [6.45, 7) is 2.13. The Morgan fingerprint density at radius 3 is 2.62 bits per heavy atom. The van der Waals surface area contributed by atoms with Crippen molar-refractivity contribution in [3.63, 3.8) is 0 Å². The number of nitrogens with two attached hydrogens (primary N) is 1. The van der Waals surface area contributed by atoms with E-state index in [1.807, 2.05) is 30.3 Å². The van der Waals surface area contributed by atoms with Gasteiger partial charge < -0.3 is 20.9 Å². The minimum Gasteiger partial charge on any atom is -0.466 e. The van der Waals surface area contributed by atoms with Gasteiger partial charge in [-0.3, -0.25) is 9.59 Å². The Kier molecular flexibility index (Phi) is 7.42. The van der Waals surface area contributed by atoms with Crippen molar-refractivity contribution in [3.05, 3.63) is 35.9 Å². The van der Waals surface area contributed by atoms with Crippen LogP contribution in [0, 0.1) is 0 Å². The van der Waals surface area contributed by atoms with Gasteiger partial charge in [-0.15, -0.1) is 0 Å². The fourth-order valence-corrected chi connectivity index (χ4v) is 1.82. The Balaban J connectivity index is 2.34. The van der Waals surface area contributed by atoms with Crippen LogP contribution in [-0.4, -0.2) is 42.3 Å². The number of hydrogen-bond donors (Lipinski definition) is 3. The molecule has 1 unspecified atom stereocenters. The van der Waals surface area contributed by atoms with Crippen molar-refractivity contribution >= 4 is 11.9 Å². The number of esters is 1. The standard InChI is InChI=1S/C15H22N2O4/c1-2-21-13(18)8-9-17-15(20)14(19)12(16)10-11-6-4-3-5-7-11/h3-7,12,14,19H,2,8-10,16H2,1H3,(H,17,20)/t12-,14?/m1/s1. The third-order valence-corrected chi connectivity index (χ3v) is 2.92. The van der Waals surface area contributed by atoms with Crippen molar-refractivity contribution < 1.29 is 19.4 Å². The lowest BCUT2D eigenvalue weighted by Gasteiger charge is -2.18. The average molecular weight is 294 g/mol. The van der Waals surface area contributed by atoms with Crippen molar-refractivity contribution in [1.82, 2.24) is 5.32 Å². The molecule has 6 heteroatoms. The molecule has 0 saturated carbocycles. The van der Waals surface area contributed by atoms with Crippen LogP contribution in [0.15, 0.2) is 30.3 Å². The van der Waals surface area contributed by atoms with Crippen LogP contribution in [0.5, 0.6) is 0 Å². The molecule has 2 atom stereocenters. The number of nitrogens with one attached hydrogen (secondary N) is 1. The van der Waals surface area contributed by atoms with Gasteiger partial charge in [-0.2, -0.15) is 0 Å². The number of carbonyl (C=O) groups is 2. The average Bonchev–Trinajstić information content (AvgIpc) is 2.47. The first-order chi connectivity index (χ1) is 10.0. The monoisotopic (exact) mass is 294 g/mol. The highest BCUT2D eigenvalue weighted by Crippen LogP contribution is 2.04. The number of ether oxygens (including phenoxy) is 1. The molecule has 0 fully saturated rings. The summed E-state index contributed by atoms with van der Waals surface area (Å²) in [6.07, 6.45) is -0.847. The fraction of sp³-hybridized carbons (Fsp3) is 0.467. The van der Waals surface area contributed by atoms with Crippen LogP contribution in [0.2, 0.25) is 0 Å². The summed E-state index contributed by atoms with van der Waals surface area (Å²) in [6, 6.07) is 8.68. The predicted molar refractivity (Wildman–Crippen MR) is 78.4 cm³/mol. The topological polar surface area (TPSA) is 102 Å². The Labute approximate surface area is 124 Å². The molecule has 0 aliphatic rings. The number of amides is 1. The van der Waals surface area contributed by atoms with Gasteiger partial charge in [-0.1, -0.05) is 30.3 Å². The fourth-order valence-electron chi connectivity index (χ4n) is 1.82. The van der Waals surface area contributed by atoms with Crippen LogP contribution in [0.1, 0.15) is 18.9 Å². The zero-order valence-electron chi connectivity index (χ0n) is 12.1. The molecule has 1 amide bonds. The van der Waals surface area contributed by atoms with Crippen LogP contribution in [-0.2, 0) is 20.7 Å². The van der Waals surface area contributed by atoms with Gasteiger partial charge in [0.15, 0.2) is 0 Å². The first-order valence-electron chi connectivity index (χ1n) is 6.95. The largest absolute Gasteiger partial charge is 0.466 e. The molecule has 0 spiro atoms. The number of rotatable bonds is 8. The molecule has 0 bridgehead atoms. The van der Waals surface area contributed by atoms with Crippen molar-refractivity contribution in [2.24, 2.45) is 5.73 Å². The Bertz CT molecular complexity index is 450. The molecule has 0 radical (unpaired) electrons. The van der Waals surface area contributed by atoms with Gasteiger partial charge in [-0.25, -0.2) is 0 Å². The van der Waals surface area contributed by atoms with Gasteiger partial charge >= 0.3 is 5.97 Å². The van der Waals surface area contributed by atoms with Crippen molar-refractivity contribution in [1.29, 1.82) is 0 Å². The highest BCUT2D eigenvalue weighted by molar-refractivity contribution is 5.81. The lowest BCUT2D eigenvalue weighted by molar-refractivity contribution is -0.143. The van der Waals surface area contributed by atoms with Gasteiger partial charge in [-0.05, 0) is 18.9 Å². The lowest BCUT2D eigenvalue weighted by Crippen LogP contribution is -2.47. The number of aliphatic hydroxyl groups excluding tert-OH is 1. The normalized spacial score (nSPS) is 13.3. The molecule has 0 aliphatic carbocycles. The second-order valence-electron chi connectivity index (χ2n) is 4.64. The molecular weight excluding hydrogens is 272 g/mol. The maximum absolute atomic E-state index is 11.7. The van der Waals surface area contributed by atoms with Crippen molar-refractivity contribution in [2.75, 3.05) is 13.2 Å². The second kappa shape index (κ2) is 9.10. The third-order valence-electron chi connectivity index (χ3n) is 2.92. The summed E-state index contributed by atoms with van der Waals surface area (Å²) >= 11 is 0. The van der Waals surface area contributed by atoms with E-state index in [1.54, 1.807) is 6.92 Å². The summed E-state index contributed by atoms with van der Waals surface area (Å²) in [7, 11) is 0. The Hall–Kier alpha value is -1.92. The molecule has 0 saturated heterocycles. The van der Waals surface area contributed by atoms with Gasteiger partial charge in [0, 0.05) is 12.6 Å². The predicted octanol–water partition coefficient (Wildman–Crippen LogP) is -0.0133. The minimum absolute atomic E-state index is 0.0697. The van der Waals surface area contributed by atoms with E-state index in [1.165, 1.54) is 0 Å². The first kappa shape index (κ1) is 17.1. The number of aliphatic hydroxyl groups is 1. The molecule has 0 aliphatic heterocycles. The third kappa shape index (κ3) is 6.37. The molecule has 6 nitrogen and oxygen atoms in total. The number of hydrogen-bond acceptors (Lipinski definition) is 5. The molecular formula is C15H22N2O4. The van der Waals surface area contributed by atoms with Crippen LogP contribution >= 0.6 is 0 Å². The molecule has 4 N–H and O–H groups in total. The molecule has 0 heterocycles. The van der Waals surface area contributed by atoms with E-state index in [0.717, 1.165) is 5.56 Å². The molecule has 1 rings (SSSR count). The van der Waals surface area contributed by atoms with Gasteiger partial charge in [0.2, 0.25) is 5.91 Å². The molecule has 1 aromatic rings. The number of carbonyl (C=O) groups excluding carboxylic acids is 2. The van der Waals surface area contributed by atoms with Crippen LogP contribution in [0.25, 0.3) is 0 Å². The highest BCUT2D eigenvalue weighted by atomic mass is 16.5. The SMILES string of the molecule is CCOC(=O)CCNC(=O)C(O)[C@H](N)Cc1ccccc1. The quantitative estimate of drug-likeness (QED) is 0.585. The van der Waals surface area contributed by atoms with E-state index in [0.29, 0.717) is 13.0 Å².